The Morgan fingerprint density at radius 2 is 2.08 bits per heavy atom. The second-order valence-electron chi connectivity index (χ2n) is 5.77. The fraction of sp³-hybridized carbons (Fsp3) is 0.235. The number of nitrogens with zero attached hydrogens (tertiary/aromatic N) is 4. The third kappa shape index (κ3) is 3.43. The van der Waals surface area contributed by atoms with Crippen LogP contribution >= 0.6 is 11.3 Å². The Labute approximate surface area is 143 Å². The summed E-state index contributed by atoms with van der Waals surface area (Å²) >= 11 is 1.57. The SMILES string of the molecule is OC1CN(Cc2ccc(Nc3cccc(-c4nccs4)n3)nc2)C1. The van der Waals surface area contributed by atoms with Gasteiger partial charge in [0, 0.05) is 37.4 Å². The first-order chi connectivity index (χ1) is 11.8. The van der Waals surface area contributed by atoms with Gasteiger partial charge in [0.05, 0.1) is 6.10 Å². The van der Waals surface area contributed by atoms with Crippen LogP contribution in [0.25, 0.3) is 10.7 Å². The number of pyridine rings is 2. The molecule has 0 saturated carbocycles. The second-order valence-corrected chi connectivity index (χ2v) is 6.66. The third-order valence-electron chi connectivity index (χ3n) is 3.83. The fourth-order valence-corrected chi connectivity index (χ4v) is 3.23. The molecule has 0 atom stereocenters. The van der Waals surface area contributed by atoms with Crippen molar-refractivity contribution in [2.24, 2.45) is 0 Å². The average molecular weight is 339 g/mol. The van der Waals surface area contributed by atoms with E-state index in [9.17, 15) is 5.11 Å². The monoisotopic (exact) mass is 339 g/mol. The van der Waals surface area contributed by atoms with E-state index in [1.54, 1.807) is 17.5 Å². The van der Waals surface area contributed by atoms with E-state index in [0.717, 1.165) is 47.5 Å². The lowest BCUT2D eigenvalue weighted by Gasteiger charge is -2.35. The van der Waals surface area contributed by atoms with Gasteiger partial charge in [-0.15, -0.1) is 11.3 Å². The largest absolute Gasteiger partial charge is 0.390 e. The molecule has 6 nitrogen and oxygen atoms in total. The lowest BCUT2D eigenvalue weighted by Crippen LogP contribution is -2.49. The molecule has 0 bridgehead atoms. The van der Waals surface area contributed by atoms with E-state index >= 15 is 0 Å². The first kappa shape index (κ1) is 15.2. The maximum atomic E-state index is 9.32. The van der Waals surface area contributed by atoms with Crippen molar-refractivity contribution < 1.29 is 5.11 Å². The van der Waals surface area contributed by atoms with Crippen LogP contribution in [-0.4, -0.2) is 44.2 Å². The number of thiazole rings is 1. The van der Waals surface area contributed by atoms with Gasteiger partial charge in [-0.3, -0.25) is 4.90 Å². The number of nitrogens with one attached hydrogen (secondary N) is 1. The van der Waals surface area contributed by atoms with Crippen molar-refractivity contribution in [3.63, 3.8) is 0 Å². The molecule has 1 saturated heterocycles. The van der Waals surface area contributed by atoms with E-state index in [2.05, 4.69) is 25.2 Å². The Morgan fingerprint density at radius 3 is 2.79 bits per heavy atom. The summed E-state index contributed by atoms with van der Waals surface area (Å²) < 4.78 is 0. The van der Waals surface area contributed by atoms with Crippen LogP contribution in [0.2, 0.25) is 0 Å². The molecular formula is C17H17N5OS. The Kier molecular flexibility index (Phi) is 4.20. The van der Waals surface area contributed by atoms with Gasteiger partial charge in [-0.25, -0.2) is 15.0 Å². The van der Waals surface area contributed by atoms with Gasteiger partial charge >= 0.3 is 0 Å². The summed E-state index contributed by atoms with van der Waals surface area (Å²) in [5.74, 6) is 1.50. The topological polar surface area (TPSA) is 74.2 Å². The maximum absolute atomic E-state index is 9.32. The molecule has 0 aromatic carbocycles. The summed E-state index contributed by atoms with van der Waals surface area (Å²) in [7, 11) is 0. The van der Waals surface area contributed by atoms with Gasteiger partial charge in [-0.2, -0.15) is 0 Å². The number of rotatable bonds is 5. The van der Waals surface area contributed by atoms with Gasteiger partial charge in [-0.05, 0) is 23.8 Å². The van der Waals surface area contributed by atoms with Crippen LogP contribution in [0.3, 0.4) is 0 Å². The minimum Gasteiger partial charge on any atom is -0.390 e. The molecule has 0 spiro atoms. The second kappa shape index (κ2) is 6.64. The highest BCUT2D eigenvalue weighted by molar-refractivity contribution is 7.13. The van der Waals surface area contributed by atoms with Crippen LogP contribution in [0.4, 0.5) is 11.6 Å². The smallest absolute Gasteiger partial charge is 0.141 e. The van der Waals surface area contributed by atoms with Crippen molar-refractivity contribution in [1.82, 2.24) is 19.9 Å². The lowest BCUT2D eigenvalue weighted by atomic mass is 10.1. The molecule has 1 fully saturated rings. The summed E-state index contributed by atoms with van der Waals surface area (Å²) in [6.07, 6.45) is 3.46. The van der Waals surface area contributed by atoms with Crippen molar-refractivity contribution in [3.8, 4) is 10.7 Å². The van der Waals surface area contributed by atoms with Gasteiger partial charge < -0.3 is 10.4 Å². The van der Waals surface area contributed by atoms with Crippen LogP contribution in [0.15, 0.2) is 48.1 Å². The van der Waals surface area contributed by atoms with E-state index in [1.807, 2.05) is 41.9 Å². The number of anilines is 2. The maximum Gasteiger partial charge on any atom is 0.141 e. The predicted molar refractivity (Wildman–Crippen MR) is 94.1 cm³/mol. The van der Waals surface area contributed by atoms with E-state index in [0.29, 0.717) is 0 Å². The fourth-order valence-electron chi connectivity index (χ4n) is 2.63. The summed E-state index contributed by atoms with van der Waals surface area (Å²) in [6, 6.07) is 9.81. The molecule has 0 radical (unpaired) electrons. The van der Waals surface area contributed by atoms with E-state index in [1.165, 1.54) is 0 Å². The quantitative estimate of drug-likeness (QED) is 0.744. The average Bonchev–Trinajstić information content (AvgIpc) is 3.10. The molecule has 1 aliphatic rings. The Hall–Kier alpha value is -2.35. The highest BCUT2D eigenvalue weighted by atomic mass is 32.1. The minimum atomic E-state index is -0.171. The van der Waals surface area contributed by atoms with Crippen LogP contribution in [0, 0.1) is 0 Å². The molecule has 4 heterocycles. The van der Waals surface area contributed by atoms with Crippen LogP contribution in [0.5, 0.6) is 0 Å². The number of hydrogen-bond donors (Lipinski definition) is 2. The van der Waals surface area contributed by atoms with Gasteiger partial charge in [0.1, 0.15) is 22.3 Å². The van der Waals surface area contributed by atoms with Gasteiger partial charge in [0.15, 0.2) is 0 Å². The zero-order chi connectivity index (χ0) is 16.4. The zero-order valence-electron chi connectivity index (χ0n) is 13.0. The summed E-state index contributed by atoms with van der Waals surface area (Å²) in [5.41, 5.74) is 1.99. The number of aliphatic hydroxyl groups is 1. The van der Waals surface area contributed by atoms with E-state index < -0.39 is 0 Å². The van der Waals surface area contributed by atoms with Crippen LogP contribution in [0.1, 0.15) is 5.56 Å². The number of aromatic nitrogens is 3. The summed E-state index contributed by atoms with van der Waals surface area (Å²) in [6.45, 7) is 2.31. The number of β-amino-alcohol motifs (C(OH)–C–C–N with tert-alkyl or cyclic N) is 1. The summed E-state index contributed by atoms with van der Waals surface area (Å²) in [5, 5.41) is 15.4. The molecule has 3 aromatic rings. The molecule has 122 valence electrons. The number of aliphatic hydroxyl groups excluding tert-OH is 1. The minimum absolute atomic E-state index is 0.171. The normalized spacial score (nSPS) is 15.2. The van der Waals surface area contributed by atoms with Crippen molar-refractivity contribution in [3.05, 3.63) is 53.7 Å². The van der Waals surface area contributed by atoms with Gasteiger partial charge in [0.25, 0.3) is 0 Å². The van der Waals surface area contributed by atoms with Gasteiger partial charge in [-0.1, -0.05) is 12.1 Å². The van der Waals surface area contributed by atoms with Gasteiger partial charge in [0.2, 0.25) is 0 Å². The van der Waals surface area contributed by atoms with Crippen LogP contribution < -0.4 is 5.32 Å². The van der Waals surface area contributed by atoms with E-state index in [4.69, 9.17) is 0 Å². The summed E-state index contributed by atoms with van der Waals surface area (Å²) in [4.78, 5) is 15.5. The van der Waals surface area contributed by atoms with Crippen molar-refractivity contribution in [2.75, 3.05) is 18.4 Å². The van der Waals surface area contributed by atoms with E-state index in [-0.39, 0.29) is 6.10 Å². The van der Waals surface area contributed by atoms with Crippen LogP contribution in [-0.2, 0) is 6.54 Å². The molecule has 7 heteroatoms. The van der Waals surface area contributed by atoms with Crippen molar-refractivity contribution in [1.29, 1.82) is 0 Å². The number of hydrogen-bond acceptors (Lipinski definition) is 7. The molecule has 0 unspecified atom stereocenters. The Bertz CT molecular complexity index is 800. The van der Waals surface area contributed by atoms with Crippen molar-refractivity contribution >= 4 is 23.0 Å². The first-order valence-electron chi connectivity index (χ1n) is 7.75. The molecule has 0 aliphatic carbocycles. The highest BCUT2D eigenvalue weighted by Gasteiger charge is 2.23. The molecule has 24 heavy (non-hydrogen) atoms. The lowest BCUT2D eigenvalue weighted by molar-refractivity contribution is -0.00291. The Morgan fingerprint density at radius 1 is 1.17 bits per heavy atom. The Balaban J connectivity index is 1.42. The molecule has 0 amide bonds. The third-order valence-corrected chi connectivity index (χ3v) is 4.62. The number of likely N-dealkylation sites (tertiary alicyclic amines) is 1. The molecule has 4 rings (SSSR count). The molecule has 3 aromatic heterocycles. The molecule has 1 aliphatic heterocycles. The molecular weight excluding hydrogens is 322 g/mol. The highest BCUT2D eigenvalue weighted by Crippen LogP contribution is 2.22. The van der Waals surface area contributed by atoms with Crippen molar-refractivity contribution in [2.45, 2.75) is 12.6 Å². The standard InChI is InChI=1S/C17H17N5OS/c23-13-10-22(11-13)9-12-4-5-15(19-8-12)21-16-3-1-2-14(20-16)17-18-6-7-24-17/h1-8,13,23H,9-11H2,(H,19,20,21). The molecule has 2 N–H and O–H groups in total. The zero-order valence-corrected chi connectivity index (χ0v) is 13.8. The first-order valence-corrected chi connectivity index (χ1v) is 8.63. The predicted octanol–water partition coefficient (Wildman–Crippen LogP) is 2.52.